The molecular formula is C13H15N3O8. The molecule has 0 bridgehead atoms. The maximum Gasteiger partial charge on any atom is 0.423 e. The Kier molecular flexibility index (Phi) is 6.59. The number of carbonyl (C=O) groups excluding carboxylic acids is 3. The Morgan fingerprint density at radius 2 is 1.79 bits per heavy atom. The lowest BCUT2D eigenvalue weighted by molar-refractivity contribution is -0.391. The van der Waals surface area contributed by atoms with E-state index in [1.807, 2.05) is 0 Å². The molecule has 0 aliphatic rings. The van der Waals surface area contributed by atoms with E-state index in [0.29, 0.717) is 0 Å². The summed E-state index contributed by atoms with van der Waals surface area (Å²) in [6.07, 6.45) is 1.91. The summed E-state index contributed by atoms with van der Waals surface area (Å²) in [6, 6.07) is 0. The van der Waals surface area contributed by atoms with E-state index in [4.69, 9.17) is 4.74 Å². The van der Waals surface area contributed by atoms with E-state index in [2.05, 4.69) is 14.5 Å². The first-order valence-corrected chi connectivity index (χ1v) is 6.75. The molecule has 1 aromatic heterocycles. The van der Waals surface area contributed by atoms with Crippen molar-refractivity contribution < 1.29 is 33.5 Å². The predicted molar refractivity (Wildman–Crippen MR) is 77.2 cm³/mol. The highest BCUT2D eigenvalue weighted by atomic mass is 16.6. The zero-order valence-electron chi connectivity index (χ0n) is 13.2. The first-order chi connectivity index (χ1) is 11.3. The lowest BCUT2D eigenvalue weighted by Gasteiger charge is -2.07. The molecule has 130 valence electrons. The molecule has 0 fully saturated rings. The summed E-state index contributed by atoms with van der Waals surface area (Å²) in [5.74, 6) is -4.82. The quantitative estimate of drug-likeness (QED) is 0.136. The van der Waals surface area contributed by atoms with Crippen LogP contribution in [0.4, 0.5) is 5.82 Å². The minimum Gasteiger partial charge on any atom is -0.460 e. The van der Waals surface area contributed by atoms with Crippen molar-refractivity contribution in [2.75, 3.05) is 13.2 Å². The molecule has 0 aliphatic heterocycles. The Morgan fingerprint density at radius 3 is 2.29 bits per heavy atom. The Bertz CT molecular complexity index is 691. The van der Waals surface area contributed by atoms with Crippen molar-refractivity contribution in [3.63, 3.8) is 0 Å². The van der Waals surface area contributed by atoms with E-state index in [1.54, 1.807) is 0 Å². The van der Waals surface area contributed by atoms with Gasteiger partial charge in [-0.3, -0.25) is 0 Å². The molecule has 1 heterocycles. The molecule has 0 aromatic carbocycles. The average molecular weight is 341 g/mol. The molecule has 0 saturated heterocycles. The minimum atomic E-state index is -1.43. The molecule has 24 heavy (non-hydrogen) atoms. The zero-order chi connectivity index (χ0) is 18.3. The van der Waals surface area contributed by atoms with E-state index in [0.717, 1.165) is 16.8 Å². The van der Waals surface area contributed by atoms with Gasteiger partial charge in [0.25, 0.3) is 0 Å². The van der Waals surface area contributed by atoms with E-state index >= 15 is 0 Å². The van der Waals surface area contributed by atoms with Gasteiger partial charge in [-0.25, -0.2) is 23.9 Å². The number of aromatic nitrogens is 2. The molecule has 0 spiro atoms. The van der Waals surface area contributed by atoms with Gasteiger partial charge in [0, 0.05) is 0 Å². The number of hydrogen-bond donors (Lipinski definition) is 0. The molecule has 0 radical (unpaired) electrons. The largest absolute Gasteiger partial charge is 0.460 e. The van der Waals surface area contributed by atoms with Crippen LogP contribution in [-0.4, -0.2) is 45.6 Å². The van der Waals surface area contributed by atoms with Gasteiger partial charge in [0.15, 0.2) is 0 Å². The molecule has 0 unspecified atom stereocenters. The number of esters is 3. The number of carbonyl (C=O) groups is 3. The Hall–Kier alpha value is -3.24. The summed E-state index contributed by atoms with van der Waals surface area (Å²) in [7, 11) is 1.33. The zero-order valence-corrected chi connectivity index (χ0v) is 13.2. The summed E-state index contributed by atoms with van der Waals surface area (Å²) in [5, 5.41) is 10.8. The third-order valence-corrected chi connectivity index (χ3v) is 2.57. The van der Waals surface area contributed by atoms with Crippen LogP contribution in [0.1, 0.15) is 19.7 Å². The molecule has 0 atom stereocenters. The van der Waals surface area contributed by atoms with Crippen molar-refractivity contribution in [3.05, 3.63) is 27.9 Å². The van der Waals surface area contributed by atoms with Gasteiger partial charge in [-0.15, -0.1) is 0 Å². The van der Waals surface area contributed by atoms with Crippen LogP contribution in [0.25, 0.3) is 6.08 Å². The van der Waals surface area contributed by atoms with Gasteiger partial charge in [0.05, 0.1) is 26.3 Å². The number of nitro groups is 1. The van der Waals surface area contributed by atoms with Crippen LogP contribution >= 0.6 is 0 Å². The molecule has 0 N–H and O–H groups in total. The fourth-order valence-electron chi connectivity index (χ4n) is 1.50. The average Bonchev–Trinajstić information content (AvgIpc) is 2.88. The molecule has 0 saturated carbocycles. The highest BCUT2D eigenvalue weighted by Gasteiger charge is 2.25. The maximum absolute atomic E-state index is 11.8. The number of hydrogen-bond acceptors (Lipinski definition) is 9. The second kappa shape index (κ2) is 8.41. The van der Waals surface area contributed by atoms with Gasteiger partial charge < -0.3 is 24.3 Å². The summed E-state index contributed by atoms with van der Waals surface area (Å²) in [4.78, 5) is 48.5. The van der Waals surface area contributed by atoms with Crippen molar-refractivity contribution in [1.82, 2.24) is 9.55 Å². The van der Waals surface area contributed by atoms with Crippen LogP contribution in [0.5, 0.6) is 0 Å². The number of imidazole rings is 1. The first kappa shape index (κ1) is 18.8. The van der Waals surface area contributed by atoms with Crippen molar-refractivity contribution in [2.45, 2.75) is 13.8 Å². The summed E-state index contributed by atoms with van der Waals surface area (Å²) in [6.45, 7) is 2.93. The summed E-state index contributed by atoms with van der Waals surface area (Å²) >= 11 is 0. The van der Waals surface area contributed by atoms with Crippen molar-refractivity contribution >= 4 is 29.8 Å². The van der Waals surface area contributed by atoms with Gasteiger partial charge in [-0.2, -0.15) is 0 Å². The van der Waals surface area contributed by atoms with Crippen LogP contribution < -0.4 is 0 Å². The van der Waals surface area contributed by atoms with E-state index in [9.17, 15) is 24.5 Å². The Balaban J connectivity index is 3.14. The lowest BCUT2D eigenvalue weighted by Crippen LogP contribution is -2.23. The van der Waals surface area contributed by atoms with Crippen LogP contribution in [0.3, 0.4) is 0 Å². The maximum atomic E-state index is 11.8. The highest BCUT2D eigenvalue weighted by Crippen LogP contribution is 2.15. The molecule has 0 amide bonds. The summed E-state index contributed by atoms with van der Waals surface area (Å²) < 4.78 is 14.9. The molecule has 1 aromatic rings. The van der Waals surface area contributed by atoms with Crippen molar-refractivity contribution in [1.29, 1.82) is 0 Å². The van der Waals surface area contributed by atoms with Crippen LogP contribution in [0.2, 0.25) is 0 Å². The van der Waals surface area contributed by atoms with Gasteiger partial charge in [0.2, 0.25) is 11.6 Å². The second-order valence-corrected chi connectivity index (χ2v) is 4.13. The molecule has 11 nitrogen and oxygen atoms in total. The smallest absolute Gasteiger partial charge is 0.423 e. The second-order valence-electron chi connectivity index (χ2n) is 4.13. The van der Waals surface area contributed by atoms with Gasteiger partial charge >= 0.3 is 23.7 Å². The third-order valence-electron chi connectivity index (χ3n) is 2.57. The fourth-order valence-corrected chi connectivity index (χ4v) is 1.50. The minimum absolute atomic E-state index is 0.0200. The number of rotatable bonds is 6. The van der Waals surface area contributed by atoms with E-state index in [1.165, 1.54) is 20.9 Å². The van der Waals surface area contributed by atoms with Gasteiger partial charge in [-0.05, 0) is 18.8 Å². The first-order valence-electron chi connectivity index (χ1n) is 6.75. The standard InChI is InChI=1S/C13H15N3O8/c1-4-22-11(17)8(24-13(19)12(18)23-5-2)6-9-14-7-10(15(9)3)16(20)21/h6-7H,4-5H2,1-3H3/b8-6-. The Morgan fingerprint density at radius 1 is 1.21 bits per heavy atom. The normalized spacial score (nSPS) is 10.9. The third kappa shape index (κ3) is 4.63. The van der Waals surface area contributed by atoms with Crippen LogP contribution in [0.15, 0.2) is 12.0 Å². The lowest BCUT2D eigenvalue weighted by atomic mass is 10.4. The molecular weight excluding hydrogens is 326 g/mol. The van der Waals surface area contributed by atoms with Crippen molar-refractivity contribution in [2.24, 2.45) is 7.05 Å². The molecule has 1 rings (SSSR count). The van der Waals surface area contributed by atoms with Crippen molar-refractivity contribution in [3.8, 4) is 0 Å². The topological polar surface area (TPSA) is 140 Å². The SMILES string of the molecule is CCOC(=O)C(=O)O/C(=C\c1ncc([N+](=O)[O-])n1C)C(=O)OCC. The van der Waals surface area contributed by atoms with Crippen LogP contribution in [0, 0.1) is 10.1 Å². The van der Waals surface area contributed by atoms with Gasteiger partial charge in [0.1, 0.15) is 6.20 Å². The monoisotopic (exact) mass is 341 g/mol. The highest BCUT2D eigenvalue weighted by molar-refractivity contribution is 6.30. The summed E-state index contributed by atoms with van der Waals surface area (Å²) in [5.41, 5.74) is 0. The number of nitrogens with zero attached hydrogens (tertiary/aromatic N) is 3. The molecule has 11 heteroatoms. The van der Waals surface area contributed by atoms with E-state index < -0.39 is 28.6 Å². The molecule has 0 aliphatic carbocycles. The van der Waals surface area contributed by atoms with Crippen LogP contribution in [-0.2, 0) is 35.6 Å². The predicted octanol–water partition coefficient (Wildman–Crippen LogP) is 0.339. The fraction of sp³-hybridized carbons (Fsp3) is 0.385. The van der Waals surface area contributed by atoms with Gasteiger partial charge in [-0.1, -0.05) is 0 Å². The van der Waals surface area contributed by atoms with E-state index in [-0.39, 0.29) is 24.9 Å². The number of ether oxygens (including phenoxy) is 3. The Labute approximate surface area is 136 Å².